The summed E-state index contributed by atoms with van der Waals surface area (Å²) in [5.74, 6) is 0. The highest BCUT2D eigenvalue weighted by Crippen LogP contribution is 2.32. The van der Waals surface area contributed by atoms with E-state index in [9.17, 15) is 0 Å². The first-order valence-corrected chi connectivity index (χ1v) is 10.5. The summed E-state index contributed by atoms with van der Waals surface area (Å²) in [6.07, 6.45) is 18.5. The smallest absolute Gasteiger partial charge is 0.0480 e. The second-order valence-electron chi connectivity index (χ2n) is 5.66. The first-order chi connectivity index (χ1) is 9.31. The zero-order valence-electron chi connectivity index (χ0n) is 13.8. The lowest BCUT2D eigenvalue weighted by molar-refractivity contribution is 0.379. The van der Waals surface area contributed by atoms with Crippen LogP contribution in [0.5, 0.6) is 0 Å². The molecule has 0 heterocycles. The molecule has 0 amide bonds. The van der Waals surface area contributed by atoms with Gasteiger partial charge in [0, 0.05) is 14.8 Å². The molecule has 2 heteroatoms. The Kier molecular flexibility index (Phi) is 16.8. The molecule has 0 saturated carbocycles. The maximum absolute atomic E-state index is 5.61. The Morgan fingerprint density at radius 3 is 1.47 bits per heavy atom. The lowest BCUT2D eigenvalue weighted by Gasteiger charge is -2.10. The standard InChI is InChI=1S/C17H37OP/c1-4-6-7-8-9-10-11-12-13-14-15-16-17-19(3)18-5-2/h4-17H2,1-3H3. The minimum absolute atomic E-state index is 0.119. The summed E-state index contributed by atoms with van der Waals surface area (Å²) in [4.78, 5) is 0. The van der Waals surface area contributed by atoms with Crippen LogP contribution in [-0.4, -0.2) is 19.4 Å². The Hall–Kier alpha value is 0.390. The van der Waals surface area contributed by atoms with E-state index in [-0.39, 0.29) is 8.15 Å². The van der Waals surface area contributed by atoms with Crippen LogP contribution >= 0.6 is 8.15 Å². The number of unbranched alkanes of at least 4 members (excludes halogenated alkanes) is 11. The summed E-state index contributed by atoms with van der Waals surface area (Å²) in [6, 6.07) is 0. The molecule has 0 rings (SSSR count). The van der Waals surface area contributed by atoms with Gasteiger partial charge < -0.3 is 4.52 Å². The van der Waals surface area contributed by atoms with Crippen molar-refractivity contribution in [1.29, 1.82) is 0 Å². The first-order valence-electron chi connectivity index (χ1n) is 8.65. The van der Waals surface area contributed by atoms with Crippen molar-refractivity contribution in [1.82, 2.24) is 0 Å². The van der Waals surface area contributed by atoms with Gasteiger partial charge in [-0.1, -0.05) is 77.6 Å². The molecule has 1 nitrogen and oxygen atoms in total. The van der Waals surface area contributed by atoms with E-state index >= 15 is 0 Å². The van der Waals surface area contributed by atoms with E-state index in [1.165, 1.54) is 83.2 Å². The third kappa shape index (κ3) is 16.3. The molecule has 0 saturated heterocycles. The number of hydrogen-bond acceptors (Lipinski definition) is 1. The van der Waals surface area contributed by atoms with Crippen molar-refractivity contribution in [3.05, 3.63) is 0 Å². The average molecular weight is 288 g/mol. The molecule has 0 aromatic heterocycles. The molecule has 0 aliphatic rings. The van der Waals surface area contributed by atoms with Crippen LogP contribution in [0.4, 0.5) is 0 Å². The summed E-state index contributed by atoms with van der Waals surface area (Å²) in [5.41, 5.74) is 0. The maximum atomic E-state index is 5.61. The molecule has 1 unspecified atom stereocenters. The third-order valence-electron chi connectivity index (χ3n) is 3.68. The molecule has 0 fully saturated rings. The molecule has 116 valence electrons. The van der Waals surface area contributed by atoms with Crippen molar-refractivity contribution < 1.29 is 4.52 Å². The van der Waals surface area contributed by atoms with Crippen LogP contribution in [0, 0.1) is 0 Å². The molecule has 0 aliphatic heterocycles. The molecule has 0 radical (unpaired) electrons. The van der Waals surface area contributed by atoms with Gasteiger partial charge in [0.15, 0.2) is 0 Å². The Morgan fingerprint density at radius 2 is 1.05 bits per heavy atom. The van der Waals surface area contributed by atoms with E-state index in [0.29, 0.717) is 0 Å². The van der Waals surface area contributed by atoms with Gasteiger partial charge in [-0.25, -0.2) is 0 Å². The predicted octanol–water partition coefficient (Wildman–Crippen LogP) is 6.75. The van der Waals surface area contributed by atoms with Crippen LogP contribution in [-0.2, 0) is 4.52 Å². The minimum Gasteiger partial charge on any atom is -0.360 e. The predicted molar refractivity (Wildman–Crippen MR) is 90.4 cm³/mol. The summed E-state index contributed by atoms with van der Waals surface area (Å²) in [5, 5.41) is 0. The van der Waals surface area contributed by atoms with E-state index in [1.807, 2.05) is 0 Å². The number of hydrogen-bond donors (Lipinski definition) is 0. The van der Waals surface area contributed by atoms with Gasteiger partial charge >= 0.3 is 0 Å². The van der Waals surface area contributed by atoms with E-state index in [1.54, 1.807) is 0 Å². The van der Waals surface area contributed by atoms with Crippen molar-refractivity contribution in [2.45, 2.75) is 90.9 Å². The third-order valence-corrected chi connectivity index (χ3v) is 5.32. The van der Waals surface area contributed by atoms with Crippen molar-refractivity contribution in [2.75, 3.05) is 19.4 Å². The van der Waals surface area contributed by atoms with Crippen LogP contribution in [0.25, 0.3) is 0 Å². The molecule has 0 N–H and O–H groups in total. The molecule has 0 aliphatic carbocycles. The lowest BCUT2D eigenvalue weighted by atomic mass is 10.1. The Balaban J connectivity index is 2.99. The summed E-state index contributed by atoms with van der Waals surface area (Å²) < 4.78 is 5.61. The first kappa shape index (κ1) is 19.4. The Labute approximate surface area is 123 Å². The summed E-state index contributed by atoms with van der Waals surface area (Å²) in [6.45, 7) is 7.54. The fraction of sp³-hybridized carbons (Fsp3) is 1.00. The van der Waals surface area contributed by atoms with Crippen molar-refractivity contribution in [3.8, 4) is 0 Å². The number of rotatable bonds is 15. The average Bonchev–Trinajstić information content (AvgIpc) is 2.40. The topological polar surface area (TPSA) is 9.23 Å². The van der Waals surface area contributed by atoms with Gasteiger partial charge in [0.2, 0.25) is 0 Å². The maximum Gasteiger partial charge on any atom is 0.0480 e. The van der Waals surface area contributed by atoms with Crippen molar-refractivity contribution >= 4 is 8.15 Å². The Bertz CT molecular complexity index is 161. The van der Waals surface area contributed by atoms with E-state index in [0.717, 1.165) is 6.61 Å². The quantitative estimate of drug-likeness (QED) is 0.239. The molecule has 0 bridgehead atoms. The summed E-state index contributed by atoms with van der Waals surface area (Å²) >= 11 is 0. The molecule has 19 heavy (non-hydrogen) atoms. The molecular formula is C17H37OP. The lowest BCUT2D eigenvalue weighted by Crippen LogP contribution is -1.89. The van der Waals surface area contributed by atoms with Gasteiger partial charge in [-0.2, -0.15) is 0 Å². The molecule has 0 aromatic carbocycles. The van der Waals surface area contributed by atoms with Gasteiger partial charge in [-0.15, -0.1) is 0 Å². The monoisotopic (exact) mass is 288 g/mol. The van der Waals surface area contributed by atoms with Crippen molar-refractivity contribution in [2.24, 2.45) is 0 Å². The van der Waals surface area contributed by atoms with Crippen molar-refractivity contribution in [3.63, 3.8) is 0 Å². The molecule has 1 atom stereocenters. The second-order valence-corrected chi connectivity index (χ2v) is 7.62. The molecular weight excluding hydrogens is 251 g/mol. The largest absolute Gasteiger partial charge is 0.360 e. The van der Waals surface area contributed by atoms with Crippen LogP contribution in [0.3, 0.4) is 0 Å². The van der Waals surface area contributed by atoms with Crippen LogP contribution in [0.1, 0.15) is 90.9 Å². The van der Waals surface area contributed by atoms with Gasteiger partial charge in [0.25, 0.3) is 0 Å². The second kappa shape index (κ2) is 16.4. The van der Waals surface area contributed by atoms with Crippen LogP contribution < -0.4 is 0 Å². The van der Waals surface area contributed by atoms with Crippen LogP contribution in [0.15, 0.2) is 0 Å². The Morgan fingerprint density at radius 1 is 0.632 bits per heavy atom. The zero-order valence-corrected chi connectivity index (χ0v) is 14.6. The van der Waals surface area contributed by atoms with E-state index < -0.39 is 0 Å². The van der Waals surface area contributed by atoms with Crippen LogP contribution in [0.2, 0.25) is 0 Å². The highest BCUT2D eigenvalue weighted by molar-refractivity contribution is 7.51. The molecule has 0 spiro atoms. The summed E-state index contributed by atoms with van der Waals surface area (Å²) in [7, 11) is -0.119. The fourth-order valence-electron chi connectivity index (χ4n) is 2.46. The highest BCUT2D eigenvalue weighted by Gasteiger charge is 1.99. The normalized spacial score (nSPS) is 12.8. The van der Waals surface area contributed by atoms with Gasteiger partial charge in [-0.05, 0) is 26.2 Å². The highest BCUT2D eigenvalue weighted by atomic mass is 31.1. The van der Waals surface area contributed by atoms with Gasteiger partial charge in [-0.3, -0.25) is 0 Å². The molecule has 0 aromatic rings. The van der Waals surface area contributed by atoms with Gasteiger partial charge in [0.05, 0.1) is 0 Å². The fourth-order valence-corrected chi connectivity index (χ4v) is 3.70. The van der Waals surface area contributed by atoms with E-state index in [4.69, 9.17) is 4.52 Å². The zero-order chi connectivity index (χ0) is 14.2. The van der Waals surface area contributed by atoms with E-state index in [2.05, 4.69) is 20.5 Å². The van der Waals surface area contributed by atoms with Gasteiger partial charge in [0.1, 0.15) is 0 Å². The minimum atomic E-state index is -0.119. The SMILES string of the molecule is CCCCCCCCCCCCCCP(C)OCC.